The number of rotatable bonds is 5. The van der Waals surface area contributed by atoms with Crippen molar-refractivity contribution in [3.8, 4) is 0 Å². The van der Waals surface area contributed by atoms with Gasteiger partial charge in [-0.05, 0) is 44.0 Å². The van der Waals surface area contributed by atoms with E-state index in [0.717, 1.165) is 34.0 Å². The summed E-state index contributed by atoms with van der Waals surface area (Å²) in [5.41, 5.74) is 0.950. The first kappa shape index (κ1) is 13.6. The van der Waals surface area contributed by atoms with E-state index in [2.05, 4.69) is 54.2 Å². The highest BCUT2D eigenvalue weighted by Crippen LogP contribution is 2.26. The standard InChI is InChI=1S/C15H20BrNO/c1-4-13(5-2)17-10(3)15-9-11-8-12(16)6-7-14(11)18-15/h6-10,13,17H,4-5H2,1-3H3. The zero-order chi connectivity index (χ0) is 13.1. The molecule has 1 N–H and O–H groups in total. The van der Waals surface area contributed by atoms with Gasteiger partial charge in [0.1, 0.15) is 11.3 Å². The minimum atomic E-state index is 0.251. The van der Waals surface area contributed by atoms with Crippen LogP contribution in [0.3, 0.4) is 0 Å². The lowest BCUT2D eigenvalue weighted by atomic mass is 10.1. The summed E-state index contributed by atoms with van der Waals surface area (Å²) in [6.45, 7) is 6.58. The molecule has 3 heteroatoms. The van der Waals surface area contributed by atoms with E-state index in [1.165, 1.54) is 0 Å². The molecule has 0 amide bonds. The zero-order valence-electron chi connectivity index (χ0n) is 11.2. The molecule has 0 aliphatic rings. The van der Waals surface area contributed by atoms with Crippen LogP contribution in [0.25, 0.3) is 11.0 Å². The van der Waals surface area contributed by atoms with E-state index in [9.17, 15) is 0 Å². The fourth-order valence-electron chi connectivity index (χ4n) is 2.21. The summed E-state index contributed by atoms with van der Waals surface area (Å²) in [5, 5.41) is 4.75. The summed E-state index contributed by atoms with van der Waals surface area (Å²) in [4.78, 5) is 0. The molecule has 18 heavy (non-hydrogen) atoms. The van der Waals surface area contributed by atoms with Crippen molar-refractivity contribution in [3.05, 3.63) is 34.5 Å². The van der Waals surface area contributed by atoms with Crippen molar-refractivity contribution in [2.75, 3.05) is 0 Å². The average molecular weight is 310 g/mol. The zero-order valence-corrected chi connectivity index (χ0v) is 12.8. The topological polar surface area (TPSA) is 25.2 Å². The summed E-state index contributed by atoms with van der Waals surface area (Å²) < 4.78 is 6.98. The fourth-order valence-corrected chi connectivity index (χ4v) is 2.59. The average Bonchev–Trinajstić information content (AvgIpc) is 2.78. The van der Waals surface area contributed by atoms with Crippen molar-refractivity contribution in [3.63, 3.8) is 0 Å². The molecule has 1 aromatic heterocycles. The van der Waals surface area contributed by atoms with Crippen LogP contribution in [0.15, 0.2) is 33.2 Å². The number of furan rings is 1. The van der Waals surface area contributed by atoms with Crippen LogP contribution >= 0.6 is 15.9 Å². The number of benzene rings is 1. The van der Waals surface area contributed by atoms with Crippen molar-refractivity contribution in [2.24, 2.45) is 0 Å². The van der Waals surface area contributed by atoms with E-state index < -0.39 is 0 Å². The van der Waals surface area contributed by atoms with Gasteiger partial charge < -0.3 is 9.73 Å². The van der Waals surface area contributed by atoms with E-state index in [1.807, 2.05) is 12.1 Å². The number of fused-ring (bicyclic) bond motifs is 1. The highest BCUT2D eigenvalue weighted by molar-refractivity contribution is 9.10. The predicted octanol–water partition coefficient (Wildman–Crippen LogP) is 5.03. The molecule has 1 atom stereocenters. The second-order valence-corrected chi connectivity index (χ2v) is 5.65. The highest BCUT2D eigenvalue weighted by Gasteiger charge is 2.14. The molecule has 0 aliphatic carbocycles. The molecule has 0 saturated heterocycles. The van der Waals surface area contributed by atoms with Crippen LogP contribution in [-0.2, 0) is 0 Å². The minimum Gasteiger partial charge on any atom is -0.459 e. The Bertz CT molecular complexity index is 516. The molecule has 2 nitrogen and oxygen atoms in total. The molecule has 1 aromatic carbocycles. The van der Waals surface area contributed by atoms with Crippen LogP contribution < -0.4 is 5.32 Å². The normalized spacial score (nSPS) is 13.4. The third-order valence-corrected chi connectivity index (χ3v) is 3.89. The minimum absolute atomic E-state index is 0.251. The molecule has 2 aromatic rings. The summed E-state index contributed by atoms with van der Waals surface area (Å²) >= 11 is 3.48. The van der Waals surface area contributed by atoms with Gasteiger partial charge in [0, 0.05) is 15.9 Å². The molecule has 2 rings (SSSR count). The van der Waals surface area contributed by atoms with Crippen LogP contribution in [0.4, 0.5) is 0 Å². The molecule has 0 radical (unpaired) electrons. The first-order valence-electron chi connectivity index (χ1n) is 6.59. The van der Waals surface area contributed by atoms with E-state index in [-0.39, 0.29) is 6.04 Å². The van der Waals surface area contributed by atoms with Gasteiger partial charge in [-0.1, -0.05) is 29.8 Å². The second kappa shape index (κ2) is 5.89. The van der Waals surface area contributed by atoms with E-state index in [4.69, 9.17) is 4.42 Å². The predicted molar refractivity (Wildman–Crippen MR) is 79.8 cm³/mol. The Morgan fingerprint density at radius 3 is 2.61 bits per heavy atom. The summed E-state index contributed by atoms with van der Waals surface area (Å²) in [5.74, 6) is 1.01. The summed E-state index contributed by atoms with van der Waals surface area (Å²) in [6.07, 6.45) is 2.29. The van der Waals surface area contributed by atoms with Gasteiger partial charge in [0.25, 0.3) is 0 Å². The van der Waals surface area contributed by atoms with Gasteiger partial charge in [-0.15, -0.1) is 0 Å². The van der Waals surface area contributed by atoms with E-state index >= 15 is 0 Å². The Hall–Kier alpha value is -0.800. The maximum absolute atomic E-state index is 5.89. The molecule has 0 saturated carbocycles. The summed E-state index contributed by atoms with van der Waals surface area (Å²) in [7, 11) is 0. The number of nitrogens with one attached hydrogen (secondary N) is 1. The van der Waals surface area contributed by atoms with Crippen molar-refractivity contribution in [2.45, 2.75) is 45.7 Å². The summed E-state index contributed by atoms with van der Waals surface area (Å²) in [6, 6.07) is 9.04. The van der Waals surface area contributed by atoms with Crippen molar-refractivity contribution >= 4 is 26.9 Å². The molecule has 1 unspecified atom stereocenters. The third kappa shape index (κ3) is 2.96. The molecule has 0 aliphatic heterocycles. The lowest BCUT2D eigenvalue weighted by Gasteiger charge is -2.19. The van der Waals surface area contributed by atoms with Crippen molar-refractivity contribution in [1.82, 2.24) is 5.32 Å². The highest BCUT2D eigenvalue weighted by atomic mass is 79.9. The molecule has 1 heterocycles. The number of halogens is 1. The van der Waals surface area contributed by atoms with Gasteiger partial charge in [0.15, 0.2) is 0 Å². The number of hydrogen-bond donors (Lipinski definition) is 1. The monoisotopic (exact) mass is 309 g/mol. The van der Waals surface area contributed by atoms with Gasteiger partial charge in [-0.25, -0.2) is 0 Å². The van der Waals surface area contributed by atoms with Gasteiger partial charge >= 0.3 is 0 Å². The van der Waals surface area contributed by atoms with Crippen LogP contribution in [0, 0.1) is 0 Å². The van der Waals surface area contributed by atoms with Crippen LogP contribution in [0.1, 0.15) is 45.4 Å². The number of hydrogen-bond acceptors (Lipinski definition) is 2. The first-order chi connectivity index (χ1) is 8.63. The van der Waals surface area contributed by atoms with Gasteiger partial charge in [0.05, 0.1) is 6.04 Å². The SMILES string of the molecule is CCC(CC)NC(C)c1cc2cc(Br)ccc2o1. The molecule has 98 valence electrons. The maximum atomic E-state index is 5.89. The van der Waals surface area contributed by atoms with Gasteiger partial charge in [-0.2, -0.15) is 0 Å². The lowest BCUT2D eigenvalue weighted by Crippen LogP contribution is -2.30. The van der Waals surface area contributed by atoms with E-state index in [1.54, 1.807) is 0 Å². The Morgan fingerprint density at radius 2 is 1.94 bits per heavy atom. The largest absolute Gasteiger partial charge is 0.459 e. The smallest absolute Gasteiger partial charge is 0.134 e. The van der Waals surface area contributed by atoms with Crippen LogP contribution in [0.5, 0.6) is 0 Å². The molecule has 0 fully saturated rings. The van der Waals surface area contributed by atoms with E-state index in [0.29, 0.717) is 6.04 Å². The molecule has 0 spiro atoms. The fraction of sp³-hybridized carbons (Fsp3) is 0.467. The maximum Gasteiger partial charge on any atom is 0.134 e. The molecular weight excluding hydrogens is 290 g/mol. The molecular formula is C15H20BrNO. The van der Waals surface area contributed by atoms with Gasteiger partial charge in [-0.3, -0.25) is 0 Å². The van der Waals surface area contributed by atoms with Gasteiger partial charge in [0.2, 0.25) is 0 Å². The Morgan fingerprint density at radius 1 is 1.22 bits per heavy atom. The van der Waals surface area contributed by atoms with Crippen LogP contribution in [0.2, 0.25) is 0 Å². The second-order valence-electron chi connectivity index (χ2n) is 4.73. The molecule has 0 bridgehead atoms. The lowest BCUT2D eigenvalue weighted by molar-refractivity contribution is 0.385. The van der Waals surface area contributed by atoms with Crippen molar-refractivity contribution < 1.29 is 4.42 Å². The quantitative estimate of drug-likeness (QED) is 0.837. The Labute approximate surface area is 117 Å². The first-order valence-corrected chi connectivity index (χ1v) is 7.38. The van der Waals surface area contributed by atoms with Crippen LogP contribution in [-0.4, -0.2) is 6.04 Å². The van der Waals surface area contributed by atoms with Crippen molar-refractivity contribution in [1.29, 1.82) is 0 Å². The Balaban J connectivity index is 2.20. The Kier molecular flexibility index (Phi) is 4.46. The third-order valence-electron chi connectivity index (χ3n) is 3.40.